The molecule has 14 heteroatoms. The van der Waals surface area contributed by atoms with E-state index >= 15 is 0 Å². The Bertz CT molecular complexity index is 2300. The molecule has 13 nitrogen and oxygen atoms in total. The smallest absolute Gasteiger partial charge is 0.340 e. The first kappa shape index (κ1) is 43.1. The Kier molecular flexibility index (Phi) is 11.4. The number of aliphatic hydroxyl groups is 2. The van der Waals surface area contributed by atoms with Crippen molar-refractivity contribution in [3.63, 3.8) is 0 Å². The summed E-state index contributed by atoms with van der Waals surface area (Å²) in [6, 6.07) is 17.0. The number of hydrogen-bond donors (Lipinski definition) is 5. The highest BCUT2D eigenvalue weighted by molar-refractivity contribution is 6.16. The number of phenols is 1. The summed E-state index contributed by atoms with van der Waals surface area (Å²) in [4.78, 5) is 70.3. The van der Waals surface area contributed by atoms with Gasteiger partial charge in [-0.2, -0.15) is 0 Å². The minimum atomic E-state index is -2.39. The van der Waals surface area contributed by atoms with Crippen molar-refractivity contribution in [1.29, 1.82) is 0 Å². The number of phenolic OH excluding ortho intramolecular Hbond substituents is 1. The lowest BCUT2D eigenvalue weighted by molar-refractivity contribution is -0.191. The van der Waals surface area contributed by atoms with Crippen LogP contribution in [0.3, 0.4) is 0 Å². The standard InChI is InChI=1S/C45H49N3O10.ClH/c1-23-21-44-24(2)19-31-35(43(31,4)5)30(38(44)52)20-26(22-57-25(3)49)37(51)45(44,56)39(23)58-42(55)27-13-8-10-16-32(27)46-41(54)29-15-12-18-34(50)36(29)47-40(53)28-14-9-11-17-33(28)48(6)7;/h8-18,20-21,24,30-31,35,37,39,50-51,56H,19,22H2,1-7H3,(H,46,54)(H,47,53);1H. The number of carbonyl (C=O) groups is 5. The minimum absolute atomic E-state index is 0. The fourth-order valence-corrected chi connectivity index (χ4v) is 9.99. The van der Waals surface area contributed by atoms with Gasteiger partial charge in [-0.3, -0.25) is 19.2 Å². The van der Waals surface area contributed by atoms with E-state index in [1.54, 1.807) is 74.5 Å². The molecule has 4 aliphatic rings. The predicted octanol–water partition coefficient (Wildman–Crippen LogP) is 5.95. The SMILES string of the molecule is CC(=O)OCC1=CC2C(=O)C3(C=C(C)C(OC(=O)c4ccccc4NC(=O)c4cccc(O)c4NC(=O)c4ccccc4N(C)C)C3(O)C1O)C(C)CC1C2C1(C)C.Cl. The quantitative estimate of drug-likeness (QED) is 0.0974. The van der Waals surface area contributed by atoms with Crippen LogP contribution < -0.4 is 15.5 Å². The molecule has 5 N–H and O–H groups in total. The van der Waals surface area contributed by atoms with Crippen LogP contribution in [0.1, 0.15) is 72.1 Å². The summed E-state index contributed by atoms with van der Waals surface area (Å²) in [5.74, 6) is -4.65. The van der Waals surface area contributed by atoms with E-state index in [1.807, 2.05) is 6.92 Å². The van der Waals surface area contributed by atoms with Crippen LogP contribution >= 0.6 is 12.4 Å². The largest absolute Gasteiger partial charge is 0.506 e. The second-order valence-electron chi connectivity index (χ2n) is 16.8. The number of aromatic hydroxyl groups is 1. The molecule has 2 amide bonds. The van der Waals surface area contributed by atoms with Gasteiger partial charge in [0.2, 0.25) is 0 Å². The highest BCUT2D eigenvalue weighted by Gasteiger charge is 2.76. The molecule has 3 aromatic carbocycles. The van der Waals surface area contributed by atoms with E-state index in [0.29, 0.717) is 23.2 Å². The number of allylic oxidation sites excluding steroid dienone is 1. The van der Waals surface area contributed by atoms with E-state index in [1.165, 1.54) is 37.3 Å². The average Bonchev–Trinajstić information content (AvgIpc) is 3.67. The highest BCUT2D eigenvalue weighted by Crippen LogP contribution is 2.71. The molecule has 59 heavy (non-hydrogen) atoms. The summed E-state index contributed by atoms with van der Waals surface area (Å²) >= 11 is 0. The molecule has 4 aliphatic carbocycles. The number of para-hydroxylation sites is 3. The number of ether oxygens (including phenoxy) is 2. The van der Waals surface area contributed by atoms with Gasteiger partial charge in [-0.1, -0.05) is 63.3 Å². The molecule has 8 atom stereocenters. The van der Waals surface area contributed by atoms with Gasteiger partial charge in [0, 0.05) is 32.6 Å². The number of fused-ring (bicyclic) bond motifs is 3. The maximum absolute atomic E-state index is 14.9. The Hall–Kier alpha value is -5.50. The lowest BCUT2D eigenvalue weighted by Gasteiger charge is -2.48. The van der Waals surface area contributed by atoms with Crippen molar-refractivity contribution in [2.45, 2.75) is 58.8 Å². The molecule has 0 saturated heterocycles. The number of amides is 2. The van der Waals surface area contributed by atoms with Gasteiger partial charge in [-0.25, -0.2) is 4.79 Å². The lowest BCUT2D eigenvalue weighted by Crippen LogP contribution is -2.65. The normalized spacial score (nSPS) is 28.5. The van der Waals surface area contributed by atoms with Gasteiger partial charge in [0.1, 0.15) is 18.5 Å². The summed E-state index contributed by atoms with van der Waals surface area (Å²) < 4.78 is 11.5. The van der Waals surface area contributed by atoms with E-state index in [0.717, 1.165) is 0 Å². The number of nitrogens with zero attached hydrogens (tertiary/aromatic N) is 1. The first-order valence-electron chi connectivity index (χ1n) is 19.3. The van der Waals surface area contributed by atoms with E-state index in [4.69, 9.17) is 9.47 Å². The molecule has 3 aromatic rings. The Morgan fingerprint density at radius 1 is 0.915 bits per heavy atom. The Balaban J connectivity index is 0.00000585. The maximum atomic E-state index is 14.9. The number of Topliss-reactive ketones (excluding diaryl/α,β-unsaturated/α-hetero) is 1. The van der Waals surface area contributed by atoms with Crippen molar-refractivity contribution in [2.75, 3.05) is 36.2 Å². The van der Waals surface area contributed by atoms with Gasteiger partial charge >= 0.3 is 11.9 Å². The molecule has 0 heterocycles. The maximum Gasteiger partial charge on any atom is 0.340 e. The highest BCUT2D eigenvalue weighted by atomic mass is 35.5. The molecule has 2 saturated carbocycles. The van der Waals surface area contributed by atoms with Crippen LogP contribution in [-0.2, 0) is 19.1 Å². The number of esters is 2. The Morgan fingerprint density at radius 2 is 1.54 bits per heavy atom. The fraction of sp³-hybridized carbons (Fsp3) is 0.400. The Labute approximate surface area is 348 Å². The molecule has 0 radical (unpaired) electrons. The minimum Gasteiger partial charge on any atom is -0.506 e. The van der Waals surface area contributed by atoms with Crippen molar-refractivity contribution in [3.05, 3.63) is 107 Å². The van der Waals surface area contributed by atoms with E-state index in [-0.39, 0.29) is 75.9 Å². The van der Waals surface area contributed by atoms with Gasteiger partial charge in [-0.05, 0) is 84.1 Å². The number of carbonyl (C=O) groups excluding carboxylic acids is 5. The second-order valence-corrected chi connectivity index (χ2v) is 16.8. The zero-order valence-electron chi connectivity index (χ0n) is 33.9. The molecule has 312 valence electrons. The number of halogens is 1. The van der Waals surface area contributed by atoms with Crippen LogP contribution in [0.2, 0.25) is 0 Å². The van der Waals surface area contributed by atoms with Crippen LogP contribution in [-0.4, -0.2) is 83.4 Å². The van der Waals surface area contributed by atoms with Crippen LogP contribution in [0.15, 0.2) is 90.0 Å². The molecule has 8 unspecified atom stereocenters. The van der Waals surface area contributed by atoms with Crippen molar-refractivity contribution >= 4 is 59.0 Å². The molecule has 0 aliphatic heterocycles. The third-order valence-electron chi connectivity index (χ3n) is 12.9. The van der Waals surface area contributed by atoms with Crippen molar-refractivity contribution < 1.29 is 48.8 Å². The summed E-state index contributed by atoms with van der Waals surface area (Å²) in [5.41, 5.74) is -3.15. The molecule has 7 rings (SSSR count). The monoisotopic (exact) mass is 827 g/mol. The van der Waals surface area contributed by atoms with Crippen molar-refractivity contribution in [2.24, 2.45) is 34.5 Å². The molecule has 1 spiro atoms. The van der Waals surface area contributed by atoms with Gasteiger partial charge in [0.15, 0.2) is 17.5 Å². The van der Waals surface area contributed by atoms with Crippen LogP contribution in [0.25, 0.3) is 0 Å². The fourth-order valence-electron chi connectivity index (χ4n) is 9.99. The molecular formula is C45H50ClN3O10. The van der Waals surface area contributed by atoms with Gasteiger partial charge in [0.25, 0.3) is 11.8 Å². The van der Waals surface area contributed by atoms with Crippen LogP contribution in [0.4, 0.5) is 17.1 Å². The number of hydrogen-bond acceptors (Lipinski definition) is 11. The number of ketones is 1. The number of rotatable bonds is 9. The first-order valence-corrected chi connectivity index (χ1v) is 19.3. The van der Waals surface area contributed by atoms with Crippen molar-refractivity contribution in [3.8, 4) is 5.75 Å². The molecule has 2 fully saturated rings. The summed E-state index contributed by atoms with van der Waals surface area (Å²) in [5, 5.41) is 41.4. The van der Waals surface area contributed by atoms with Crippen LogP contribution in [0.5, 0.6) is 5.75 Å². The van der Waals surface area contributed by atoms with E-state index < -0.39 is 58.8 Å². The van der Waals surface area contributed by atoms with Crippen LogP contribution in [0, 0.1) is 34.5 Å². The molecular weight excluding hydrogens is 778 g/mol. The molecule has 0 aromatic heterocycles. The molecule has 2 bridgehead atoms. The summed E-state index contributed by atoms with van der Waals surface area (Å²) in [6.07, 6.45) is 0.583. The topological polar surface area (TPSA) is 192 Å². The lowest BCUT2D eigenvalue weighted by atomic mass is 9.59. The van der Waals surface area contributed by atoms with Crippen molar-refractivity contribution in [1.82, 2.24) is 0 Å². The zero-order valence-corrected chi connectivity index (χ0v) is 34.8. The summed E-state index contributed by atoms with van der Waals surface area (Å²) in [6.45, 7) is 8.56. The van der Waals surface area contributed by atoms with E-state index in [2.05, 4.69) is 24.5 Å². The second kappa shape index (κ2) is 15.6. The van der Waals surface area contributed by atoms with Gasteiger partial charge in [-0.15, -0.1) is 12.4 Å². The third-order valence-corrected chi connectivity index (χ3v) is 12.9. The number of aliphatic hydroxyl groups excluding tert-OH is 1. The number of nitrogens with one attached hydrogen (secondary N) is 2. The predicted molar refractivity (Wildman–Crippen MR) is 223 cm³/mol. The van der Waals surface area contributed by atoms with Gasteiger partial charge < -0.3 is 40.3 Å². The van der Waals surface area contributed by atoms with E-state index in [9.17, 15) is 39.3 Å². The zero-order chi connectivity index (χ0) is 42.1. The average molecular weight is 828 g/mol. The summed E-state index contributed by atoms with van der Waals surface area (Å²) in [7, 11) is 3.56. The third kappa shape index (κ3) is 6.88. The van der Waals surface area contributed by atoms with Gasteiger partial charge in [0.05, 0.1) is 33.5 Å². The number of benzene rings is 3. The Morgan fingerprint density at radius 3 is 2.22 bits per heavy atom. The first-order chi connectivity index (χ1) is 27.4. The number of anilines is 3.